The zero-order valence-electron chi connectivity index (χ0n) is 13.2. The van der Waals surface area contributed by atoms with Gasteiger partial charge in [0.2, 0.25) is 5.91 Å². The lowest BCUT2D eigenvalue weighted by molar-refractivity contribution is -0.121. The largest absolute Gasteiger partial charge is 0.496 e. The van der Waals surface area contributed by atoms with Crippen LogP contribution in [0.2, 0.25) is 0 Å². The fourth-order valence-corrected chi connectivity index (χ4v) is 2.07. The van der Waals surface area contributed by atoms with Gasteiger partial charge in [0.15, 0.2) is 0 Å². The van der Waals surface area contributed by atoms with Gasteiger partial charge in [-0.2, -0.15) is 0 Å². The minimum absolute atomic E-state index is 0.163. The van der Waals surface area contributed by atoms with Crippen molar-refractivity contribution in [2.75, 3.05) is 13.7 Å². The molecule has 0 aliphatic carbocycles. The molecule has 3 heteroatoms. The van der Waals surface area contributed by atoms with Gasteiger partial charge >= 0.3 is 0 Å². The predicted molar refractivity (Wildman–Crippen MR) is 83.1 cm³/mol. The van der Waals surface area contributed by atoms with Crippen LogP contribution in [0.3, 0.4) is 0 Å². The average Bonchev–Trinajstić information content (AvgIpc) is 2.45. The highest BCUT2D eigenvalue weighted by atomic mass is 16.5. The molecule has 3 nitrogen and oxygen atoms in total. The molecule has 0 aromatic heterocycles. The van der Waals surface area contributed by atoms with E-state index in [0.717, 1.165) is 37.1 Å². The zero-order valence-corrected chi connectivity index (χ0v) is 13.2. The van der Waals surface area contributed by atoms with Crippen LogP contribution in [0.5, 0.6) is 5.75 Å². The number of ether oxygens (including phenoxy) is 1. The van der Waals surface area contributed by atoms with Crippen LogP contribution in [-0.2, 0) is 11.2 Å². The number of amides is 1. The summed E-state index contributed by atoms with van der Waals surface area (Å²) < 4.78 is 5.24. The summed E-state index contributed by atoms with van der Waals surface area (Å²) in [4.78, 5) is 11.7. The third-order valence-corrected chi connectivity index (χ3v) is 3.67. The van der Waals surface area contributed by atoms with Gasteiger partial charge < -0.3 is 10.1 Å². The second-order valence-corrected chi connectivity index (χ2v) is 5.48. The first-order chi connectivity index (χ1) is 9.56. The van der Waals surface area contributed by atoms with Crippen molar-refractivity contribution in [2.45, 2.75) is 46.5 Å². The number of nitrogens with one attached hydrogen (secondary N) is 1. The van der Waals surface area contributed by atoms with Crippen LogP contribution < -0.4 is 10.1 Å². The van der Waals surface area contributed by atoms with E-state index in [-0.39, 0.29) is 5.91 Å². The van der Waals surface area contributed by atoms with Crippen molar-refractivity contribution in [1.82, 2.24) is 5.32 Å². The summed E-state index contributed by atoms with van der Waals surface area (Å²) in [7, 11) is 1.68. The molecular formula is C17H27NO2. The second-order valence-electron chi connectivity index (χ2n) is 5.48. The van der Waals surface area contributed by atoms with Gasteiger partial charge in [-0.1, -0.05) is 32.4 Å². The summed E-state index contributed by atoms with van der Waals surface area (Å²) in [5.41, 5.74) is 2.41. The summed E-state index contributed by atoms with van der Waals surface area (Å²) in [5.74, 6) is 1.64. The Labute approximate surface area is 122 Å². The number of methoxy groups -OCH3 is 1. The van der Waals surface area contributed by atoms with Crippen molar-refractivity contribution in [3.05, 3.63) is 29.3 Å². The first kappa shape index (κ1) is 16.5. The molecule has 0 radical (unpaired) electrons. The fourth-order valence-electron chi connectivity index (χ4n) is 2.07. The van der Waals surface area contributed by atoms with Crippen LogP contribution in [0.25, 0.3) is 0 Å². The molecule has 0 spiro atoms. The van der Waals surface area contributed by atoms with E-state index < -0.39 is 0 Å². The molecule has 0 saturated carbocycles. The lowest BCUT2D eigenvalue weighted by Gasteiger charge is -2.10. The van der Waals surface area contributed by atoms with E-state index in [4.69, 9.17) is 4.74 Å². The maximum absolute atomic E-state index is 11.7. The number of aryl methyl sites for hydroxylation is 2. The van der Waals surface area contributed by atoms with Gasteiger partial charge in [0, 0.05) is 13.0 Å². The summed E-state index contributed by atoms with van der Waals surface area (Å²) in [6, 6.07) is 6.20. The Bertz CT molecular complexity index is 429. The lowest BCUT2D eigenvalue weighted by Crippen LogP contribution is -2.27. The molecule has 0 saturated heterocycles. The van der Waals surface area contributed by atoms with Crippen LogP contribution in [0.15, 0.2) is 18.2 Å². The minimum atomic E-state index is 0.163. The molecule has 1 amide bonds. The van der Waals surface area contributed by atoms with Crippen LogP contribution >= 0.6 is 0 Å². The molecule has 1 atom stereocenters. The molecule has 1 rings (SSSR count). The molecular weight excluding hydrogens is 250 g/mol. The maximum atomic E-state index is 11.7. The molecule has 0 heterocycles. The Kier molecular flexibility index (Phi) is 7.13. The van der Waals surface area contributed by atoms with Crippen molar-refractivity contribution < 1.29 is 9.53 Å². The van der Waals surface area contributed by atoms with E-state index in [9.17, 15) is 4.79 Å². The highest BCUT2D eigenvalue weighted by Crippen LogP contribution is 2.19. The van der Waals surface area contributed by atoms with E-state index in [1.165, 1.54) is 5.56 Å². The van der Waals surface area contributed by atoms with Crippen LogP contribution in [0.1, 0.15) is 44.2 Å². The lowest BCUT2D eigenvalue weighted by atomic mass is 10.0. The van der Waals surface area contributed by atoms with Crippen LogP contribution in [-0.4, -0.2) is 19.6 Å². The van der Waals surface area contributed by atoms with Gasteiger partial charge in [-0.25, -0.2) is 0 Å². The third kappa shape index (κ3) is 5.64. The first-order valence-corrected chi connectivity index (χ1v) is 7.47. The Hall–Kier alpha value is -1.51. The standard InChI is InChI=1S/C17H27NO2/c1-5-13(2)12-18-17(19)8-6-7-15-9-10-16(20-4)14(3)11-15/h9-11,13H,5-8,12H2,1-4H3,(H,18,19)/t13-/m0/s1. The average molecular weight is 277 g/mol. The molecule has 0 fully saturated rings. The van der Waals surface area contributed by atoms with Crippen LogP contribution in [0.4, 0.5) is 0 Å². The van der Waals surface area contributed by atoms with Gasteiger partial charge in [0.25, 0.3) is 0 Å². The normalized spacial score (nSPS) is 12.0. The minimum Gasteiger partial charge on any atom is -0.496 e. The summed E-state index contributed by atoms with van der Waals surface area (Å²) in [5, 5.41) is 2.99. The SMILES string of the molecule is CC[C@H](C)CNC(=O)CCCc1ccc(OC)c(C)c1. The van der Waals surface area contributed by atoms with Crippen molar-refractivity contribution in [1.29, 1.82) is 0 Å². The van der Waals surface area contributed by atoms with E-state index in [2.05, 4.69) is 31.3 Å². The number of hydrogen-bond donors (Lipinski definition) is 1. The van der Waals surface area contributed by atoms with Crippen molar-refractivity contribution in [2.24, 2.45) is 5.92 Å². The van der Waals surface area contributed by atoms with E-state index in [0.29, 0.717) is 12.3 Å². The van der Waals surface area contributed by atoms with Crippen molar-refractivity contribution in [3.63, 3.8) is 0 Å². The number of hydrogen-bond acceptors (Lipinski definition) is 2. The second kappa shape index (κ2) is 8.62. The molecule has 1 aromatic carbocycles. The summed E-state index contributed by atoms with van der Waals surface area (Å²) in [6.07, 6.45) is 3.52. The summed E-state index contributed by atoms with van der Waals surface area (Å²) in [6.45, 7) is 7.13. The van der Waals surface area contributed by atoms with Gasteiger partial charge in [0.05, 0.1) is 7.11 Å². The summed E-state index contributed by atoms with van der Waals surface area (Å²) >= 11 is 0. The van der Waals surface area contributed by atoms with Gasteiger partial charge in [0.1, 0.15) is 5.75 Å². The Balaban J connectivity index is 2.30. The maximum Gasteiger partial charge on any atom is 0.220 e. The van der Waals surface area contributed by atoms with E-state index >= 15 is 0 Å². The Morgan fingerprint density at radius 1 is 1.40 bits per heavy atom. The molecule has 1 aromatic rings. The molecule has 0 aliphatic rings. The number of rotatable bonds is 8. The van der Waals surface area contributed by atoms with E-state index in [1.807, 2.05) is 13.0 Å². The third-order valence-electron chi connectivity index (χ3n) is 3.67. The Morgan fingerprint density at radius 3 is 2.75 bits per heavy atom. The Morgan fingerprint density at radius 2 is 2.15 bits per heavy atom. The van der Waals surface area contributed by atoms with Gasteiger partial charge in [-0.05, 0) is 42.9 Å². The van der Waals surface area contributed by atoms with Crippen molar-refractivity contribution >= 4 is 5.91 Å². The first-order valence-electron chi connectivity index (χ1n) is 7.47. The highest BCUT2D eigenvalue weighted by molar-refractivity contribution is 5.75. The van der Waals surface area contributed by atoms with Gasteiger partial charge in [-0.3, -0.25) is 4.79 Å². The molecule has 0 unspecified atom stereocenters. The molecule has 20 heavy (non-hydrogen) atoms. The number of carbonyl (C=O) groups is 1. The molecule has 0 aliphatic heterocycles. The van der Waals surface area contributed by atoms with Crippen molar-refractivity contribution in [3.8, 4) is 5.75 Å². The molecule has 112 valence electrons. The quantitative estimate of drug-likeness (QED) is 0.790. The number of benzene rings is 1. The predicted octanol–water partition coefficient (Wildman–Crippen LogP) is 3.49. The molecule has 1 N–H and O–H groups in total. The monoisotopic (exact) mass is 277 g/mol. The highest BCUT2D eigenvalue weighted by Gasteiger charge is 2.05. The smallest absolute Gasteiger partial charge is 0.220 e. The van der Waals surface area contributed by atoms with Crippen LogP contribution in [0, 0.1) is 12.8 Å². The molecule has 0 bridgehead atoms. The fraction of sp³-hybridized carbons (Fsp3) is 0.588. The number of carbonyl (C=O) groups excluding carboxylic acids is 1. The zero-order chi connectivity index (χ0) is 15.0. The van der Waals surface area contributed by atoms with Gasteiger partial charge in [-0.15, -0.1) is 0 Å². The van der Waals surface area contributed by atoms with E-state index in [1.54, 1.807) is 7.11 Å². The topological polar surface area (TPSA) is 38.3 Å².